The van der Waals surface area contributed by atoms with Gasteiger partial charge in [0, 0.05) is 13.1 Å². The molecule has 0 bridgehead atoms. The molecule has 2 heterocycles. The molecule has 6 heteroatoms. The molecule has 0 radical (unpaired) electrons. The second-order valence-corrected chi connectivity index (χ2v) is 5.67. The largest absolute Gasteiger partial charge is 0.309 e. The highest BCUT2D eigenvalue weighted by Gasteiger charge is 2.05. The molecule has 0 aliphatic rings. The first-order valence-corrected chi connectivity index (χ1v) is 8.02. The minimum absolute atomic E-state index is 0.0389. The lowest BCUT2D eigenvalue weighted by Gasteiger charge is -2.19. The standard InChI is InChI=1S/C14H22N4OS/c1-3-7-18(4-2)8-6-15-10-12-16-11-5-9-20-13(11)14(19)17-12/h5,9,15H,3-4,6-8,10H2,1-2H3,(H,16,17,19). The molecule has 0 saturated heterocycles. The highest BCUT2D eigenvalue weighted by molar-refractivity contribution is 7.17. The van der Waals surface area contributed by atoms with Gasteiger partial charge in [0.05, 0.1) is 12.1 Å². The second kappa shape index (κ2) is 7.52. The van der Waals surface area contributed by atoms with Crippen LogP contribution < -0.4 is 10.9 Å². The van der Waals surface area contributed by atoms with E-state index in [-0.39, 0.29) is 5.56 Å². The number of hydrogen-bond donors (Lipinski definition) is 2. The van der Waals surface area contributed by atoms with Crippen molar-refractivity contribution in [3.05, 3.63) is 27.6 Å². The zero-order valence-electron chi connectivity index (χ0n) is 12.1. The molecule has 5 nitrogen and oxygen atoms in total. The van der Waals surface area contributed by atoms with Crippen LogP contribution in [0.2, 0.25) is 0 Å². The van der Waals surface area contributed by atoms with E-state index < -0.39 is 0 Å². The Balaban J connectivity index is 1.85. The molecule has 0 spiro atoms. The number of aromatic nitrogens is 2. The first-order chi connectivity index (χ1) is 9.74. The fraction of sp³-hybridized carbons (Fsp3) is 0.571. The molecular weight excluding hydrogens is 272 g/mol. The van der Waals surface area contributed by atoms with Crippen LogP contribution in [0.25, 0.3) is 10.2 Å². The number of hydrogen-bond acceptors (Lipinski definition) is 5. The van der Waals surface area contributed by atoms with Crippen molar-refractivity contribution >= 4 is 21.6 Å². The first kappa shape index (κ1) is 15.2. The average molecular weight is 294 g/mol. The monoisotopic (exact) mass is 294 g/mol. The maximum Gasteiger partial charge on any atom is 0.268 e. The van der Waals surface area contributed by atoms with Gasteiger partial charge in [-0.25, -0.2) is 4.98 Å². The summed E-state index contributed by atoms with van der Waals surface area (Å²) < 4.78 is 0.703. The van der Waals surface area contributed by atoms with Crippen LogP contribution in [0.3, 0.4) is 0 Å². The van der Waals surface area contributed by atoms with Crippen LogP contribution in [0.5, 0.6) is 0 Å². The van der Waals surface area contributed by atoms with E-state index in [9.17, 15) is 4.79 Å². The number of aromatic amines is 1. The van der Waals surface area contributed by atoms with Crippen molar-refractivity contribution < 1.29 is 0 Å². The topological polar surface area (TPSA) is 61.0 Å². The predicted molar refractivity (Wildman–Crippen MR) is 84.4 cm³/mol. The van der Waals surface area contributed by atoms with Gasteiger partial charge in [0.2, 0.25) is 0 Å². The highest BCUT2D eigenvalue weighted by Crippen LogP contribution is 2.13. The van der Waals surface area contributed by atoms with Crippen molar-refractivity contribution in [1.82, 2.24) is 20.2 Å². The van der Waals surface area contributed by atoms with Gasteiger partial charge in [0.15, 0.2) is 0 Å². The maximum atomic E-state index is 11.8. The predicted octanol–water partition coefficient (Wildman–Crippen LogP) is 1.81. The van der Waals surface area contributed by atoms with Crippen molar-refractivity contribution in [1.29, 1.82) is 0 Å². The minimum atomic E-state index is -0.0389. The molecule has 0 aliphatic heterocycles. The van der Waals surface area contributed by atoms with Crippen molar-refractivity contribution in [2.75, 3.05) is 26.2 Å². The summed E-state index contributed by atoms with van der Waals surface area (Å²) in [6.07, 6.45) is 1.18. The Hall–Kier alpha value is -1.24. The summed E-state index contributed by atoms with van der Waals surface area (Å²) in [5, 5.41) is 5.23. The molecule has 20 heavy (non-hydrogen) atoms. The van der Waals surface area contributed by atoms with Crippen LogP contribution >= 0.6 is 11.3 Å². The van der Waals surface area contributed by atoms with Gasteiger partial charge in [-0.1, -0.05) is 13.8 Å². The summed E-state index contributed by atoms with van der Waals surface area (Å²) in [4.78, 5) is 21.5. The Morgan fingerprint density at radius 3 is 3.00 bits per heavy atom. The van der Waals surface area contributed by atoms with Crippen molar-refractivity contribution in [3.63, 3.8) is 0 Å². The zero-order chi connectivity index (χ0) is 14.4. The Morgan fingerprint density at radius 2 is 2.25 bits per heavy atom. The second-order valence-electron chi connectivity index (χ2n) is 4.76. The summed E-state index contributed by atoms with van der Waals surface area (Å²) in [7, 11) is 0. The van der Waals surface area contributed by atoms with E-state index in [1.807, 2.05) is 11.4 Å². The number of nitrogens with one attached hydrogen (secondary N) is 2. The summed E-state index contributed by atoms with van der Waals surface area (Å²) in [5.41, 5.74) is 0.750. The molecule has 0 aliphatic carbocycles. The molecule has 2 rings (SSSR count). The molecule has 0 amide bonds. The Labute approximate surface area is 123 Å². The first-order valence-electron chi connectivity index (χ1n) is 7.14. The van der Waals surface area contributed by atoms with E-state index in [1.54, 1.807) is 0 Å². The highest BCUT2D eigenvalue weighted by atomic mass is 32.1. The van der Waals surface area contributed by atoms with Gasteiger partial charge >= 0.3 is 0 Å². The quantitative estimate of drug-likeness (QED) is 0.729. The lowest BCUT2D eigenvalue weighted by molar-refractivity contribution is 0.287. The average Bonchev–Trinajstić information content (AvgIpc) is 2.91. The van der Waals surface area contributed by atoms with Gasteiger partial charge in [0.25, 0.3) is 5.56 Å². The van der Waals surface area contributed by atoms with Gasteiger partial charge in [-0.2, -0.15) is 0 Å². The molecule has 0 aromatic carbocycles. The number of H-pyrrole nitrogens is 1. The maximum absolute atomic E-state index is 11.8. The number of thiophene rings is 1. The molecule has 2 N–H and O–H groups in total. The Bertz CT molecular complexity index is 592. The normalized spacial score (nSPS) is 11.6. The van der Waals surface area contributed by atoms with E-state index in [2.05, 4.69) is 34.0 Å². The molecular formula is C14H22N4OS. The molecule has 110 valence electrons. The van der Waals surface area contributed by atoms with Crippen LogP contribution in [0.1, 0.15) is 26.1 Å². The summed E-state index contributed by atoms with van der Waals surface area (Å²) in [5.74, 6) is 0.708. The van der Waals surface area contributed by atoms with E-state index >= 15 is 0 Å². The summed E-state index contributed by atoms with van der Waals surface area (Å²) in [6, 6.07) is 1.89. The van der Waals surface area contributed by atoms with Crippen LogP contribution in [0, 0.1) is 0 Å². The van der Waals surface area contributed by atoms with E-state index in [1.165, 1.54) is 17.8 Å². The van der Waals surface area contributed by atoms with Crippen LogP contribution in [-0.4, -0.2) is 41.0 Å². The van der Waals surface area contributed by atoms with Crippen molar-refractivity contribution in [2.45, 2.75) is 26.8 Å². The SMILES string of the molecule is CCCN(CC)CCNCc1nc2ccsc2c(=O)[nH]1. The van der Waals surface area contributed by atoms with Gasteiger partial charge in [-0.15, -0.1) is 11.3 Å². The van der Waals surface area contributed by atoms with E-state index in [4.69, 9.17) is 0 Å². The lowest BCUT2D eigenvalue weighted by atomic mass is 10.4. The fourth-order valence-corrected chi connectivity index (χ4v) is 2.92. The number of likely N-dealkylation sites (N-methyl/N-ethyl adjacent to an activating group) is 1. The minimum Gasteiger partial charge on any atom is -0.309 e. The number of rotatable bonds is 8. The molecule has 2 aromatic heterocycles. The summed E-state index contributed by atoms with van der Waals surface area (Å²) in [6.45, 7) is 9.11. The molecule has 2 aromatic rings. The van der Waals surface area contributed by atoms with Crippen LogP contribution in [0.15, 0.2) is 16.2 Å². The third-order valence-electron chi connectivity index (χ3n) is 3.25. The molecule has 0 unspecified atom stereocenters. The number of nitrogens with zero attached hydrogens (tertiary/aromatic N) is 2. The van der Waals surface area contributed by atoms with Crippen LogP contribution in [0.4, 0.5) is 0 Å². The smallest absolute Gasteiger partial charge is 0.268 e. The van der Waals surface area contributed by atoms with E-state index in [0.717, 1.165) is 31.7 Å². The Kier molecular flexibility index (Phi) is 5.70. The molecule has 0 fully saturated rings. The fourth-order valence-electron chi connectivity index (χ4n) is 2.19. The Morgan fingerprint density at radius 1 is 1.40 bits per heavy atom. The summed E-state index contributed by atoms with van der Waals surface area (Å²) >= 11 is 1.43. The molecule has 0 atom stereocenters. The number of fused-ring (bicyclic) bond motifs is 1. The van der Waals surface area contributed by atoms with Gasteiger partial charge in [0.1, 0.15) is 10.5 Å². The van der Waals surface area contributed by atoms with E-state index in [0.29, 0.717) is 17.1 Å². The van der Waals surface area contributed by atoms with Crippen LogP contribution in [-0.2, 0) is 6.54 Å². The lowest BCUT2D eigenvalue weighted by Crippen LogP contribution is -2.32. The molecule has 0 saturated carbocycles. The third-order valence-corrected chi connectivity index (χ3v) is 4.15. The van der Waals surface area contributed by atoms with Gasteiger partial charge in [-0.3, -0.25) is 4.79 Å². The zero-order valence-corrected chi connectivity index (χ0v) is 12.9. The third kappa shape index (κ3) is 3.88. The van der Waals surface area contributed by atoms with Crippen molar-refractivity contribution in [3.8, 4) is 0 Å². The van der Waals surface area contributed by atoms with Gasteiger partial charge in [-0.05, 0) is 31.0 Å². The van der Waals surface area contributed by atoms with Crippen molar-refractivity contribution in [2.24, 2.45) is 0 Å². The van der Waals surface area contributed by atoms with Gasteiger partial charge < -0.3 is 15.2 Å².